The summed E-state index contributed by atoms with van der Waals surface area (Å²) in [4.78, 5) is 0. The maximum absolute atomic E-state index is 12.6. The van der Waals surface area contributed by atoms with E-state index in [-0.39, 0.29) is 12.0 Å². The Hall–Kier alpha value is -1.52. The molecule has 0 aliphatic rings. The number of alkyl halides is 3. The van der Waals surface area contributed by atoms with E-state index in [1.54, 1.807) is 24.3 Å². The molecule has 0 heterocycles. The number of benzene rings is 2. The van der Waals surface area contributed by atoms with E-state index in [0.717, 1.165) is 17.7 Å². The minimum absolute atomic E-state index is 0.210. The van der Waals surface area contributed by atoms with Crippen molar-refractivity contribution in [1.82, 2.24) is 0 Å². The number of hydrogen-bond donors (Lipinski definition) is 1. The molecule has 0 aliphatic carbocycles. The molecule has 0 radical (unpaired) electrons. The van der Waals surface area contributed by atoms with Gasteiger partial charge in [-0.25, -0.2) is 0 Å². The molecule has 1 N–H and O–H groups in total. The molecular formula is C15H12ClF3O. The quantitative estimate of drug-likeness (QED) is 0.876. The Morgan fingerprint density at radius 1 is 1.05 bits per heavy atom. The fourth-order valence-electron chi connectivity index (χ4n) is 1.93. The first kappa shape index (κ1) is 14.9. The summed E-state index contributed by atoms with van der Waals surface area (Å²) in [5, 5.41) is 10.6. The smallest absolute Gasteiger partial charge is 0.388 e. The summed E-state index contributed by atoms with van der Waals surface area (Å²) in [5.74, 6) is 0. The van der Waals surface area contributed by atoms with Crippen LogP contribution in [0.25, 0.3) is 0 Å². The lowest BCUT2D eigenvalue weighted by Crippen LogP contribution is -2.08. The standard InChI is InChI=1S/C15H12ClF3O/c16-13-6-1-3-10(7-13)8-14(20)11-4-2-5-12(9-11)15(17,18)19/h1-7,9,14,20H,8H2. The molecular weight excluding hydrogens is 289 g/mol. The van der Waals surface area contributed by atoms with Crippen LogP contribution in [0.15, 0.2) is 48.5 Å². The van der Waals surface area contributed by atoms with Crippen molar-refractivity contribution >= 4 is 11.6 Å². The molecule has 1 atom stereocenters. The molecule has 2 aromatic carbocycles. The molecule has 0 aromatic heterocycles. The van der Waals surface area contributed by atoms with Crippen LogP contribution in [-0.4, -0.2) is 5.11 Å². The number of rotatable bonds is 3. The number of hydrogen-bond acceptors (Lipinski definition) is 1. The van der Waals surface area contributed by atoms with Gasteiger partial charge in [0.05, 0.1) is 11.7 Å². The van der Waals surface area contributed by atoms with Crippen molar-refractivity contribution in [2.24, 2.45) is 0 Å². The summed E-state index contributed by atoms with van der Waals surface area (Å²) in [6.07, 6.45) is -5.20. The molecule has 1 unspecified atom stereocenters. The van der Waals surface area contributed by atoms with Crippen molar-refractivity contribution in [3.05, 3.63) is 70.2 Å². The van der Waals surface area contributed by atoms with Gasteiger partial charge in [0, 0.05) is 11.4 Å². The maximum Gasteiger partial charge on any atom is 0.416 e. The zero-order valence-electron chi connectivity index (χ0n) is 10.4. The molecule has 0 fully saturated rings. The molecule has 0 saturated heterocycles. The van der Waals surface area contributed by atoms with Crippen molar-refractivity contribution in [2.45, 2.75) is 18.7 Å². The minimum atomic E-state index is -4.41. The fraction of sp³-hybridized carbons (Fsp3) is 0.200. The van der Waals surface area contributed by atoms with Crippen LogP contribution < -0.4 is 0 Å². The highest BCUT2D eigenvalue weighted by atomic mass is 35.5. The highest BCUT2D eigenvalue weighted by Gasteiger charge is 2.30. The van der Waals surface area contributed by atoms with Crippen LogP contribution in [0.4, 0.5) is 13.2 Å². The van der Waals surface area contributed by atoms with E-state index in [1.165, 1.54) is 12.1 Å². The van der Waals surface area contributed by atoms with Crippen LogP contribution in [0.1, 0.15) is 22.8 Å². The molecule has 0 bridgehead atoms. The first-order chi connectivity index (χ1) is 9.36. The first-order valence-corrected chi connectivity index (χ1v) is 6.34. The molecule has 20 heavy (non-hydrogen) atoms. The Balaban J connectivity index is 2.19. The third kappa shape index (κ3) is 3.74. The average molecular weight is 301 g/mol. The van der Waals surface area contributed by atoms with Crippen LogP contribution in [0.5, 0.6) is 0 Å². The van der Waals surface area contributed by atoms with E-state index >= 15 is 0 Å². The second kappa shape index (κ2) is 5.85. The predicted octanol–water partition coefficient (Wildman–Crippen LogP) is 4.63. The van der Waals surface area contributed by atoms with Crippen LogP contribution in [-0.2, 0) is 12.6 Å². The maximum atomic E-state index is 12.6. The topological polar surface area (TPSA) is 20.2 Å². The molecule has 2 rings (SSSR count). The van der Waals surface area contributed by atoms with Crippen molar-refractivity contribution < 1.29 is 18.3 Å². The number of halogens is 4. The molecule has 106 valence electrons. The van der Waals surface area contributed by atoms with Gasteiger partial charge in [0.15, 0.2) is 0 Å². The summed E-state index contributed by atoms with van der Waals surface area (Å²) >= 11 is 5.83. The molecule has 0 aliphatic heterocycles. The monoisotopic (exact) mass is 300 g/mol. The second-order valence-electron chi connectivity index (χ2n) is 4.47. The Kier molecular flexibility index (Phi) is 4.35. The van der Waals surface area contributed by atoms with Crippen molar-refractivity contribution in [1.29, 1.82) is 0 Å². The lowest BCUT2D eigenvalue weighted by molar-refractivity contribution is -0.137. The predicted molar refractivity (Wildman–Crippen MR) is 71.6 cm³/mol. The summed E-state index contributed by atoms with van der Waals surface area (Å²) in [6.45, 7) is 0. The summed E-state index contributed by atoms with van der Waals surface area (Å²) in [7, 11) is 0. The molecule has 0 amide bonds. The molecule has 2 aromatic rings. The Bertz CT molecular complexity index is 596. The first-order valence-electron chi connectivity index (χ1n) is 5.96. The van der Waals surface area contributed by atoms with Crippen LogP contribution in [0.2, 0.25) is 5.02 Å². The lowest BCUT2D eigenvalue weighted by atomic mass is 10.00. The summed E-state index contributed by atoms with van der Waals surface area (Å²) in [6, 6.07) is 11.6. The summed E-state index contributed by atoms with van der Waals surface area (Å²) in [5.41, 5.74) is 0.238. The van der Waals surface area contributed by atoms with Gasteiger partial charge in [0.2, 0.25) is 0 Å². The highest BCUT2D eigenvalue weighted by molar-refractivity contribution is 6.30. The van der Waals surface area contributed by atoms with Crippen LogP contribution in [0.3, 0.4) is 0 Å². The van der Waals surface area contributed by atoms with Crippen molar-refractivity contribution in [3.8, 4) is 0 Å². The van der Waals surface area contributed by atoms with E-state index in [1.807, 2.05) is 0 Å². The van der Waals surface area contributed by atoms with Gasteiger partial charge >= 0.3 is 6.18 Å². The van der Waals surface area contributed by atoms with Gasteiger partial charge < -0.3 is 5.11 Å². The van der Waals surface area contributed by atoms with E-state index < -0.39 is 17.8 Å². The molecule has 0 spiro atoms. The SMILES string of the molecule is OC(Cc1cccc(Cl)c1)c1cccc(C(F)(F)F)c1. The third-order valence-electron chi connectivity index (χ3n) is 2.92. The lowest BCUT2D eigenvalue weighted by Gasteiger charge is -2.14. The Morgan fingerprint density at radius 3 is 2.40 bits per heavy atom. The van der Waals surface area contributed by atoms with Gasteiger partial charge in [-0.05, 0) is 35.4 Å². The van der Waals surface area contributed by atoms with Crippen LogP contribution in [0, 0.1) is 0 Å². The number of aliphatic hydroxyl groups excluding tert-OH is 1. The van der Waals surface area contributed by atoms with E-state index in [0.29, 0.717) is 5.02 Å². The zero-order chi connectivity index (χ0) is 14.8. The third-order valence-corrected chi connectivity index (χ3v) is 3.15. The Labute approximate surface area is 119 Å². The van der Waals surface area contributed by atoms with Gasteiger partial charge in [0.25, 0.3) is 0 Å². The van der Waals surface area contributed by atoms with Gasteiger partial charge in [-0.1, -0.05) is 35.9 Å². The van der Waals surface area contributed by atoms with E-state index in [4.69, 9.17) is 11.6 Å². The van der Waals surface area contributed by atoms with Gasteiger partial charge in [-0.3, -0.25) is 0 Å². The fourth-order valence-corrected chi connectivity index (χ4v) is 2.14. The van der Waals surface area contributed by atoms with Crippen LogP contribution >= 0.6 is 11.6 Å². The molecule has 0 saturated carbocycles. The van der Waals surface area contributed by atoms with Crippen molar-refractivity contribution in [2.75, 3.05) is 0 Å². The molecule has 5 heteroatoms. The highest BCUT2D eigenvalue weighted by Crippen LogP contribution is 2.31. The summed E-state index contributed by atoms with van der Waals surface area (Å²) < 4.78 is 37.8. The van der Waals surface area contributed by atoms with Gasteiger partial charge in [-0.15, -0.1) is 0 Å². The zero-order valence-corrected chi connectivity index (χ0v) is 11.1. The minimum Gasteiger partial charge on any atom is -0.388 e. The number of aliphatic hydroxyl groups is 1. The Morgan fingerprint density at radius 2 is 1.75 bits per heavy atom. The van der Waals surface area contributed by atoms with Gasteiger partial charge in [-0.2, -0.15) is 13.2 Å². The molecule has 1 nitrogen and oxygen atoms in total. The average Bonchev–Trinajstić information content (AvgIpc) is 2.38. The second-order valence-corrected chi connectivity index (χ2v) is 4.91. The van der Waals surface area contributed by atoms with E-state index in [9.17, 15) is 18.3 Å². The van der Waals surface area contributed by atoms with Crippen molar-refractivity contribution in [3.63, 3.8) is 0 Å². The normalized spacial score (nSPS) is 13.2. The van der Waals surface area contributed by atoms with E-state index in [2.05, 4.69) is 0 Å². The largest absolute Gasteiger partial charge is 0.416 e. The van der Waals surface area contributed by atoms with Gasteiger partial charge in [0.1, 0.15) is 0 Å².